The standard InChI is InChI=1S/C10H13NO4/c12-8-5-7(9(13)11-8)15-10(14)6-3-1-2-4-6/h6-7H,1-5H2,(H,11,12,13). The van der Waals surface area contributed by atoms with Crippen molar-refractivity contribution >= 4 is 17.8 Å². The Morgan fingerprint density at radius 3 is 2.47 bits per heavy atom. The molecule has 5 nitrogen and oxygen atoms in total. The molecule has 1 unspecified atom stereocenters. The minimum Gasteiger partial charge on any atom is -0.451 e. The first-order chi connectivity index (χ1) is 7.16. The predicted octanol–water partition coefficient (Wildman–Crippen LogP) is 0.135. The van der Waals surface area contributed by atoms with Crippen molar-refractivity contribution in [1.82, 2.24) is 5.32 Å². The smallest absolute Gasteiger partial charge is 0.309 e. The highest BCUT2D eigenvalue weighted by molar-refractivity contribution is 6.05. The summed E-state index contributed by atoms with van der Waals surface area (Å²) in [5.74, 6) is -1.27. The molecule has 0 radical (unpaired) electrons. The molecule has 0 aromatic rings. The van der Waals surface area contributed by atoms with Crippen LogP contribution in [0.5, 0.6) is 0 Å². The number of imide groups is 1. The van der Waals surface area contributed by atoms with Crippen LogP contribution in [0.25, 0.3) is 0 Å². The van der Waals surface area contributed by atoms with Gasteiger partial charge >= 0.3 is 5.97 Å². The van der Waals surface area contributed by atoms with Gasteiger partial charge in [-0.2, -0.15) is 0 Å². The second-order valence-electron chi connectivity index (χ2n) is 4.02. The summed E-state index contributed by atoms with van der Waals surface area (Å²) in [5, 5.41) is 2.11. The third-order valence-electron chi connectivity index (χ3n) is 2.87. The van der Waals surface area contributed by atoms with Gasteiger partial charge in [0, 0.05) is 0 Å². The maximum atomic E-state index is 11.5. The Kier molecular flexibility index (Phi) is 2.70. The summed E-state index contributed by atoms with van der Waals surface area (Å²) < 4.78 is 5.01. The lowest BCUT2D eigenvalue weighted by Crippen LogP contribution is -2.30. The molecular formula is C10H13NO4. The molecule has 5 heteroatoms. The van der Waals surface area contributed by atoms with Gasteiger partial charge in [-0.05, 0) is 12.8 Å². The summed E-state index contributed by atoms with van der Waals surface area (Å²) >= 11 is 0. The van der Waals surface area contributed by atoms with Crippen LogP contribution in [0.15, 0.2) is 0 Å². The molecule has 15 heavy (non-hydrogen) atoms. The summed E-state index contributed by atoms with van der Waals surface area (Å²) in [6.45, 7) is 0. The third kappa shape index (κ3) is 2.16. The lowest BCUT2D eigenvalue weighted by molar-refractivity contribution is -0.157. The predicted molar refractivity (Wildman–Crippen MR) is 49.6 cm³/mol. The van der Waals surface area contributed by atoms with Gasteiger partial charge in [-0.1, -0.05) is 12.8 Å². The minimum absolute atomic E-state index is 0.0305. The second-order valence-corrected chi connectivity index (χ2v) is 4.02. The average Bonchev–Trinajstić information content (AvgIpc) is 2.76. The molecule has 1 heterocycles. The number of ether oxygens (including phenoxy) is 1. The largest absolute Gasteiger partial charge is 0.451 e. The van der Waals surface area contributed by atoms with Crippen molar-refractivity contribution in [2.24, 2.45) is 5.92 Å². The molecule has 0 aromatic heterocycles. The first kappa shape index (κ1) is 10.1. The topological polar surface area (TPSA) is 72.5 Å². The fourth-order valence-electron chi connectivity index (χ4n) is 2.02. The van der Waals surface area contributed by atoms with E-state index in [1.165, 1.54) is 0 Å². The van der Waals surface area contributed by atoms with Crippen molar-refractivity contribution in [2.75, 3.05) is 0 Å². The van der Waals surface area contributed by atoms with E-state index in [1.807, 2.05) is 0 Å². The molecule has 2 rings (SSSR count). The van der Waals surface area contributed by atoms with E-state index in [0.29, 0.717) is 0 Å². The summed E-state index contributed by atoms with van der Waals surface area (Å²) in [4.78, 5) is 33.5. The number of nitrogens with one attached hydrogen (secondary N) is 1. The third-order valence-corrected chi connectivity index (χ3v) is 2.87. The van der Waals surface area contributed by atoms with E-state index in [2.05, 4.69) is 5.32 Å². The van der Waals surface area contributed by atoms with Crippen molar-refractivity contribution in [1.29, 1.82) is 0 Å². The average molecular weight is 211 g/mol. The van der Waals surface area contributed by atoms with Gasteiger partial charge < -0.3 is 4.74 Å². The molecule has 1 N–H and O–H groups in total. The Morgan fingerprint density at radius 2 is 1.93 bits per heavy atom. The highest BCUT2D eigenvalue weighted by Crippen LogP contribution is 2.26. The van der Waals surface area contributed by atoms with Crippen LogP contribution in [-0.2, 0) is 19.1 Å². The quantitative estimate of drug-likeness (QED) is 0.520. The van der Waals surface area contributed by atoms with Crippen molar-refractivity contribution in [3.63, 3.8) is 0 Å². The van der Waals surface area contributed by atoms with Crippen molar-refractivity contribution in [2.45, 2.75) is 38.2 Å². The molecular weight excluding hydrogens is 198 g/mol. The van der Waals surface area contributed by atoms with Gasteiger partial charge in [-0.25, -0.2) is 0 Å². The van der Waals surface area contributed by atoms with Crippen molar-refractivity contribution in [3.05, 3.63) is 0 Å². The number of hydrogen-bond donors (Lipinski definition) is 1. The van der Waals surface area contributed by atoms with Crippen LogP contribution in [0.1, 0.15) is 32.1 Å². The van der Waals surface area contributed by atoms with Gasteiger partial charge in [-0.3, -0.25) is 19.7 Å². The Balaban J connectivity index is 1.88. The molecule has 0 aromatic carbocycles. The van der Waals surface area contributed by atoms with Gasteiger partial charge in [0.2, 0.25) is 5.91 Å². The Labute approximate surface area is 87.2 Å². The van der Waals surface area contributed by atoms with Gasteiger partial charge in [0.05, 0.1) is 12.3 Å². The van der Waals surface area contributed by atoms with E-state index >= 15 is 0 Å². The van der Waals surface area contributed by atoms with E-state index in [4.69, 9.17) is 4.74 Å². The van der Waals surface area contributed by atoms with Crippen LogP contribution in [0.3, 0.4) is 0 Å². The first-order valence-electron chi connectivity index (χ1n) is 5.21. The lowest BCUT2D eigenvalue weighted by atomic mass is 10.1. The normalized spacial score (nSPS) is 26.8. The highest BCUT2D eigenvalue weighted by Gasteiger charge is 2.35. The van der Waals surface area contributed by atoms with E-state index in [-0.39, 0.29) is 24.2 Å². The summed E-state index contributed by atoms with van der Waals surface area (Å²) in [6.07, 6.45) is 2.82. The SMILES string of the molecule is O=C1CC(OC(=O)C2CCCC2)C(=O)N1. The Hall–Kier alpha value is -1.39. The zero-order chi connectivity index (χ0) is 10.8. The summed E-state index contributed by atoms with van der Waals surface area (Å²) in [5.41, 5.74) is 0. The molecule has 2 fully saturated rings. The number of esters is 1. The highest BCUT2D eigenvalue weighted by atomic mass is 16.5. The lowest BCUT2D eigenvalue weighted by Gasteiger charge is -2.12. The molecule has 1 saturated heterocycles. The molecule has 1 atom stereocenters. The Morgan fingerprint density at radius 1 is 1.27 bits per heavy atom. The van der Waals surface area contributed by atoms with E-state index < -0.39 is 12.0 Å². The van der Waals surface area contributed by atoms with E-state index in [1.54, 1.807) is 0 Å². The molecule has 0 bridgehead atoms. The molecule has 2 aliphatic rings. The second kappa shape index (κ2) is 4.00. The van der Waals surface area contributed by atoms with Crippen molar-refractivity contribution in [3.8, 4) is 0 Å². The summed E-state index contributed by atoms with van der Waals surface area (Å²) in [7, 11) is 0. The number of rotatable bonds is 2. The van der Waals surface area contributed by atoms with Gasteiger partial charge in [0.25, 0.3) is 5.91 Å². The molecule has 0 spiro atoms. The van der Waals surface area contributed by atoms with Gasteiger partial charge in [0.1, 0.15) is 0 Å². The fourth-order valence-corrected chi connectivity index (χ4v) is 2.02. The number of carbonyl (C=O) groups excluding carboxylic acids is 3. The van der Waals surface area contributed by atoms with Gasteiger partial charge in [0.15, 0.2) is 6.10 Å². The molecule has 2 amide bonds. The monoisotopic (exact) mass is 211 g/mol. The van der Waals surface area contributed by atoms with E-state index in [9.17, 15) is 14.4 Å². The van der Waals surface area contributed by atoms with Gasteiger partial charge in [-0.15, -0.1) is 0 Å². The molecule has 1 aliphatic heterocycles. The van der Waals surface area contributed by atoms with Crippen LogP contribution < -0.4 is 5.32 Å². The van der Waals surface area contributed by atoms with Crippen LogP contribution in [0, 0.1) is 5.92 Å². The molecule has 82 valence electrons. The van der Waals surface area contributed by atoms with Crippen LogP contribution in [-0.4, -0.2) is 23.9 Å². The maximum absolute atomic E-state index is 11.5. The zero-order valence-electron chi connectivity index (χ0n) is 8.32. The van der Waals surface area contributed by atoms with Crippen molar-refractivity contribution < 1.29 is 19.1 Å². The maximum Gasteiger partial charge on any atom is 0.309 e. The number of hydrogen-bond acceptors (Lipinski definition) is 4. The van der Waals surface area contributed by atoms with Crippen LogP contribution >= 0.6 is 0 Å². The number of carbonyl (C=O) groups is 3. The zero-order valence-corrected chi connectivity index (χ0v) is 8.32. The Bertz CT molecular complexity index is 307. The number of amides is 2. The molecule has 1 saturated carbocycles. The first-order valence-corrected chi connectivity index (χ1v) is 5.21. The van der Waals surface area contributed by atoms with Crippen LogP contribution in [0.2, 0.25) is 0 Å². The van der Waals surface area contributed by atoms with Crippen LogP contribution in [0.4, 0.5) is 0 Å². The summed E-state index contributed by atoms with van der Waals surface area (Å²) in [6, 6.07) is 0. The van der Waals surface area contributed by atoms with E-state index in [0.717, 1.165) is 25.7 Å². The molecule has 1 aliphatic carbocycles. The fraction of sp³-hybridized carbons (Fsp3) is 0.700. The minimum atomic E-state index is -0.898.